The van der Waals surface area contributed by atoms with E-state index in [1.54, 1.807) is 6.21 Å². The SMILES string of the molecule is C[Si](C)(C)c1cc([N+](=O)[O-])cc(C=NC2CCCC2)c1O.[Cl][Zr][Cl]. The van der Waals surface area contributed by atoms with Gasteiger partial charge in [0.05, 0.1) is 13.0 Å². The summed E-state index contributed by atoms with van der Waals surface area (Å²) in [5.74, 6) is 0.154. The number of aromatic hydroxyl groups is 1. The molecule has 0 aliphatic heterocycles. The Labute approximate surface area is 162 Å². The Morgan fingerprint density at radius 2 is 1.88 bits per heavy atom. The minimum absolute atomic E-state index is 0.0260. The number of rotatable bonds is 4. The van der Waals surface area contributed by atoms with Gasteiger partial charge in [0.2, 0.25) is 0 Å². The zero-order chi connectivity index (χ0) is 18.3. The van der Waals surface area contributed by atoms with Crippen LogP contribution < -0.4 is 5.19 Å². The van der Waals surface area contributed by atoms with Gasteiger partial charge in [-0.15, -0.1) is 0 Å². The number of nitro groups is 1. The second-order valence-electron chi connectivity index (χ2n) is 6.73. The molecule has 1 aliphatic rings. The molecule has 1 N–H and O–H groups in total. The summed E-state index contributed by atoms with van der Waals surface area (Å²) in [6.07, 6.45) is 6.11. The van der Waals surface area contributed by atoms with Crippen LogP contribution in [0.3, 0.4) is 0 Å². The summed E-state index contributed by atoms with van der Waals surface area (Å²) < 4.78 is 0. The van der Waals surface area contributed by atoms with Gasteiger partial charge >= 0.3 is 37.9 Å². The standard InChI is InChI=1S/C15H22N2O3Si.2ClH.Zr/c1-21(2,3)14-9-13(17(19)20)8-11(15(14)18)10-16-12-6-4-5-7-12;;;/h8-10,12,18H,4-7H2,1-3H3;2*1H;/q;;;+2/p-2. The Hall–Kier alpha value is -0.230. The van der Waals surface area contributed by atoms with Crippen molar-refractivity contribution in [1.82, 2.24) is 0 Å². The van der Waals surface area contributed by atoms with Crippen LogP contribution in [-0.2, 0) is 20.8 Å². The molecule has 1 saturated carbocycles. The molecule has 24 heavy (non-hydrogen) atoms. The van der Waals surface area contributed by atoms with Crippen molar-refractivity contribution < 1.29 is 30.9 Å². The van der Waals surface area contributed by atoms with Crippen molar-refractivity contribution in [2.24, 2.45) is 4.99 Å². The first-order valence-electron chi connectivity index (χ1n) is 7.72. The molecule has 2 rings (SSSR count). The van der Waals surface area contributed by atoms with E-state index in [-0.39, 0.29) is 11.4 Å². The first kappa shape index (κ1) is 21.8. The van der Waals surface area contributed by atoms with Gasteiger partial charge in [-0.25, -0.2) is 0 Å². The van der Waals surface area contributed by atoms with E-state index in [1.807, 2.05) is 0 Å². The normalized spacial score (nSPS) is 15.2. The van der Waals surface area contributed by atoms with E-state index in [4.69, 9.17) is 17.0 Å². The van der Waals surface area contributed by atoms with E-state index in [9.17, 15) is 15.2 Å². The summed E-state index contributed by atoms with van der Waals surface area (Å²) in [6.45, 7) is 6.18. The van der Waals surface area contributed by atoms with Crippen LogP contribution in [0.4, 0.5) is 5.69 Å². The quantitative estimate of drug-likeness (QED) is 0.304. The summed E-state index contributed by atoms with van der Waals surface area (Å²) in [5.41, 5.74) is 0.492. The van der Waals surface area contributed by atoms with Crippen molar-refractivity contribution in [3.63, 3.8) is 0 Å². The van der Waals surface area contributed by atoms with Gasteiger partial charge in [0, 0.05) is 30.0 Å². The predicted octanol–water partition coefficient (Wildman–Crippen LogP) is 4.58. The molecule has 0 heterocycles. The first-order chi connectivity index (χ1) is 11.2. The van der Waals surface area contributed by atoms with Gasteiger partial charge in [-0.05, 0) is 18.0 Å². The van der Waals surface area contributed by atoms with E-state index < -0.39 is 33.8 Å². The fourth-order valence-electron chi connectivity index (χ4n) is 2.66. The number of hydrogen-bond acceptors (Lipinski definition) is 4. The number of benzene rings is 1. The summed E-state index contributed by atoms with van der Waals surface area (Å²) in [5, 5.41) is 22.2. The molecular formula is C15H22Cl2N2O3SiZr. The first-order valence-corrected chi connectivity index (χ1v) is 17.5. The molecule has 0 aromatic heterocycles. The molecule has 0 radical (unpaired) electrons. The molecule has 9 heteroatoms. The van der Waals surface area contributed by atoms with E-state index in [2.05, 4.69) is 24.6 Å². The zero-order valence-electron chi connectivity index (χ0n) is 14.1. The molecule has 0 atom stereocenters. The van der Waals surface area contributed by atoms with Crippen LogP contribution in [0.1, 0.15) is 31.2 Å². The van der Waals surface area contributed by atoms with Crippen LogP contribution in [0.2, 0.25) is 19.6 Å². The van der Waals surface area contributed by atoms with E-state index in [0.717, 1.165) is 12.8 Å². The van der Waals surface area contributed by atoms with Crippen LogP contribution >= 0.6 is 17.0 Å². The Kier molecular flexibility index (Phi) is 9.13. The third-order valence-corrected chi connectivity index (χ3v) is 5.89. The van der Waals surface area contributed by atoms with Gasteiger partial charge in [0.1, 0.15) is 5.75 Å². The molecule has 1 fully saturated rings. The zero-order valence-corrected chi connectivity index (χ0v) is 19.0. The number of phenols is 1. The molecule has 1 aromatic rings. The molecule has 1 aliphatic carbocycles. The molecule has 132 valence electrons. The molecule has 0 spiro atoms. The van der Waals surface area contributed by atoms with Gasteiger partial charge in [0.25, 0.3) is 5.69 Å². The molecule has 5 nitrogen and oxygen atoms in total. The molecule has 0 saturated heterocycles. The van der Waals surface area contributed by atoms with E-state index in [0.29, 0.717) is 16.8 Å². The summed E-state index contributed by atoms with van der Waals surface area (Å²) >= 11 is -0.826. The van der Waals surface area contributed by atoms with E-state index in [1.165, 1.54) is 25.0 Å². The third kappa shape index (κ3) is 6.58. The van der Waals surface area contributed by atoms with Crippen LogP contribution in [0, 0.1) is 10.1 Å². The molecular weight excluding hydrogens is 446 g/mol. The maximum absolute atomic E-state index is 11.1. The number of aliphatic imine (C=N–C) groups is 1. The predicted molar refractivity (Wildman–Crippen MR) is 99.3 cm³/mol. The molecule has 0 bridgehead atoms. The third-order valence-electron chi connectivity index (χ3n) is 3.89. The van der Waals surface area contributed by atoms with Gasteiger partial charge in [-0.1, -0.05) is 32.5 Å². The summed E-state index contributed by atoms with van der Waals surface area (Å²) in [6, 6.07) is 3.21. The molecule has 1 aromatic carbocycles. The number of hydrogen-bond donors (Lipinski definition) is 1. The number of nitrogens with zero attached hydrogens (tertiary/aromatic N) is 2. The van der Waals surface area contributed by atoms with Crippen LogP contribution in [0.25, 0.3) is 0 Å². The van der Waals surface area contributed by atoms with Crippen molar-refractivity contribution >= 4 is 42.2 Å². The topological polar surface area (TPSA) is 75.7 Å². The monoisotopic (exact) mass is 466 g/mol. The van der Waals surface area contributed by atoms with Crippen LogP contribution in [-0.4, -0.2) is 30.4 Å². The van der Waals surface area contributed by atoms with Crippen molar-refractivity contribution in [3.05, 3.63) is 27.8 Å². The second kappa shape index (κ2) is 10.0. The Morgan fingerprint density at radius 1 is 1.33 bits per heavy atom. The van der Waals surface area contributed by atoms with E-state index >= 15 is 0 Å². The number of nitro benzene ring substituents is 1. The van der Waals surface area contributed by atoms with Gasteiger partial charge < -0.3 is 5.11 Å². The average molecular weight is 469 g/mol. The Morgan fingerprint density at radius 3 is 2.33 bits per heavy atom. The summed E-state index contributed by atoms with van der Waals surface area (Å²) in [4.78, 5) is 15.2. The fraction of sp³-hybridized carbons (Fsp3) is 0.533. The number of halogens is 2. The molecule has 0 unspecified atom stereocenters. The van der Waals surface area contributed by atoms with Crippen molar-refractivity contribution in [2.75, 3.05) is 0 Å². The van der Waals surface area contributed by atoms with Crippen molar-refractivity contribution in [3.8, 4) is 5.75 Å². The fourth-order valence-corrected chi connectivity index (χ4v) is 4.09. The summed E-state index contributed by atoms with van der Waals surface area (Å²) in [7, 11) is 8.00. The Bertz CT molecular complexity index is 603. The van der Waals surface area contributed by atoms with Crippen molar-refractivity contribution in [1.29, 1.82) is 0 Å². The average Bonchev–Trinajstić information content (AvgIpc) is 2.98. The second-order valence-corrected chi connectivity index (χ2v) is 15.5. The number of phenolic OH excluding ortho intramolecular Hbond substituents is 1. The minimum atomic E-state index is -1.86. The van der Waals surface area contributed by atoms with Crippen LogP contribution in [0.15, 0.2) is 17.1 Å². The van der Waals surface area contributed by atoms with Crippen molar-refractivity contribution in [2.45, 2.75) is 51.4 Å². The van der Waals surface area contributed by atoms with Gasteiger partial charge in [-0.3, -0.25) is 15.1 Å². The Balaban J connectivity index is 0.000000891. The maximum atomic E-state index is 11.1. The number of non-ortho nitro benzene ring substituents is 1. The molecule has 0 amide bonds. The van der Waals surface area contributed by atoms with Crippen LogP contribution in [0.5, 0.6) is 5.75 Å². The van der Waals surface area contributed by atoms with Gasteiger partial charge in [0.15, 0.2) is 0 Å². The van der Waals surface area contributed by atoms with Gasteiger partial charge in [-0.2, -0.15) is 0 Å².